The highest BCUT2D eigenvalue weighted by Gasteiger charge is 2.36. The molecule has 1 aliphatic heterocycles. The number of amides is 1. The Hall–Kier alpha value is -2.37. The SMILES string of the molecule is Cc1nonc1OCCN1C[C@@](C)(c2ccccc2)CCC1=O. The van der Waals surface area contributed by atoms with Gasteiger partial charge in [-0.25, -0.2) is 4.63 Å². The van der Waals surface area contributed by atoms with Crippen LogP contribution in [0.4, 0.5) is 0 Å². The number of rotatable bonds is 5. The summed E-state index contributed by atoms with van der Waals surface area (Å²) in [7, 11) is 0. The van der Waals surface area contributed by atoms with Gasteiger partial charge < -0.3 is 9.64 Å². The summed E-state index contributed by atoms with van der Waals surface area (Å²) in [5.41, 5.74) is 1.87. The lowest BCUT2D eigenvalue weighted by atomic mass is 9.76. The molecule has 6 heteroatoms. The number of aromatic nitrogens is 2. The largest absolute Gasteiger partial charge is 0.472 e. The van der Waals surface area contributed by atoms with Crippen molar-refractivity contribution in [1.82, 2.24) is 15.2 Å². The molecule has 0 N–H and O–H groups in total. The Morgan fingerprint density at radius 3 is 2.78 bits per heavy atom. The van der Waals surface area contributed by atoms with Gasteiger partial charge in [0.2, 0.25) is 5.91 Å². The van der Waals surface area contributed by atoms with Crippen LogP contribution in [0.3, 0.4) is 0 Å². The monoisotopic (exact) mass is 315 g/mol. The zero-order chi connectivity index (χ0) is 16.3. The molecule has 2 aromatic rings. The Kier molecular flexibility index (Phi) is 4.32. The molecule has 2 heterocycles. The first-order valence-electron chi connectivity index (χ1n) is 7.84. The minimum Gasteiger partial charge on any atom is -0.472 e. The number of likely N-dealkylation sites (tertiary alicyclic amines) is 1. The van der Waals surface area contributed by atoms with Crippen molar-refractivity contribution in [2.75, 3.05) is 19.7 Å². The molecule has 1 amide bonds. The highest BCUT2D eigenvalue weighted by Crippen LogP contribution is 2.33. The quantitative estimate of drug-likeness (QED) is 0.847. The maximum atomic E-state index is 12.2. The van der Waals surface area contributed by atoms with Crippen LogP contribution in [0.25, 0.3) is 0 Å². The van der Waals surface area contributed by atoms with E-state index in [4.69, 9.17) is 4.74 Å². The van der Waals surface area contributed by atoms with Crippen molar-refractivity contribution < 1.29 is 14.2 Å². The Labute approximate surface area is 135 Å². The van der Waals surface area contributed by atoms with Crippen LogP contribution in [0, 0.1) is 6.92 Å². The van der Waals surface area contributed by atoms with Crippen LogP contribution in [-0.2, 0) is 10.2 Å². The molecule has 0 saturated carbocycles. The van der Waals surface area contributed by atoms with Crippen LogP contribution in [0.15, 0.2) is 35.0 Å². The lowest BCUT2D eigenvalue weighted by Crippen LogP contribution is -2.48. The molecule has 1 fully saturated rings. The number of ether oxygens (including phenoxy) is 1. The van der Waals surface area contributed by atoms with E-state index in [0.717, 1.165) is 6.42 Å². The molecular formula is C17H21N3O3. The van der Waals surface area contributed by atoms with Crippen molar-refractivity contribution >= 4 is 5.91 Å². The van der Waals surface area contributed by atoms with Gasteiger partial charge in [-0.15, -0.1) is 0 Å². The summed E-state index contributed by atoms with van der Waals surface area (Å²) in [6, 6.07) is 10.4. The predicted molar refractivity (Wildman–Crippen MR) is 84.1 cm³/mol. The van der Waals surface area contributed by atoms with E-state index < -0.39 is 0 Å². The number of hydrogen-bond acceptors (Lipinski definition) is 5. The van der Waals surface area contributed by atoms with Crippen molar-refractivity contribution in [1.29, 1.82) is 0 Å². The van der Waals surface area contributed by atoms with Gasteiger partial charge in [0.1, 0.15) is 12.3 Å². The van der Waals surface area contributed by atoms with E-state index in [2.05, 4.69) is 34.0 Å². The first kappa shape index (κ1) is 15.5. The summed E-state index contributed by atoms with van der Waals surface area (Å²) < 4.78 is 10.1. The van der Waals surface area contributed by atoms with Gasteiger partial charge in [-0.1, -0.05) is 42.4 Å². The highest BCUT2D eigenvalue weighted by molar-refractivity contribution is 5.77. The third-order valence-electron chi connectivity index (χ3n) is 4.46. The van der Waals surface area contributed by atoms with E-state index >= 15 is 0 Å². The third kappa shape index (κ3) is 3.36. The van der Waals surface area contributed by atoms with E-state index in [9.17, 15) is 4.79 Å². The molecule has 3 rings (SSSR count). The summed E-state index contributed by atoms with van der Waals surface area (Å²) in [4.78, 5) is 14.1. The molecule has 0 aliphatic carbocycles. The average Bonchev–Trinajstić information content (AvgIpc) is 2.97. The van der Waals surface area contributed by atoms with Gasteiger partial charge in [0, 0.05) is 18.4 Å². The minimum atomic E-state index is -0.0134. The fraction of sp³-hybridized carbons (Fsp3) is 0.471. The molecule has 0 bridgehead atoms. The molecule has 1 aliphatic rings. The first-order chi connectivity index (χ1) is 11.1. The van der Waals surface area contributed by atoms with E-state index in [0.29, 0.717) is 37.7 Å². The van der Waals surface area contributed by atoms with Crippen LogP contribution < -0.4 is 4.74 Å². The lowest BCUT2D eigenvalue weighted by molar-refractivity contribution is -0.135. The molecule has 1 atom stereocenters. The smallest absolute Gasteiger partial charge is 0.278 e. The third-order valence-corrected chi connectivity index (χ3v) is 4.46. The number of aryl methyl sites for hydroxylation is 1. The summed E-state index contributed by atoms with van der Waals surface area (Å²) >= 11 is 0. The van der Waals surface area contributed by atoms with Gasteiger partial charge >= 0.3 is 0 Å². The minimum absolute atomic E-state index is 0.0134. The van der Waals surface area contributed by atoms with Crippen molar-refractivity contribution in [2.24, 2.45) is 0 Å². The summed E-state index contributed by atoms with van der Waals surface area (Å²) in [5.74, 6) is 0.567. The highest BCUT2D eigenvalue weighted by atomic mass is 16.6. The van der Waals surface area contributed by atoms with Gasteiger partial charge in [0.15, 0.2) is 0 Å². The summed E-state index contributed by atoms with van der Waals surface area (Å²) in [6.45, 7) is 5.60. The Balaban J connectivity index is 1.62. The zero-order valence-electron chi connectivity index (χ0n) is 13.5. The number of carbonyl (C=O) groups is 1. The van der Waals surface area contributed by atoms with E-state index in [-0.39, 0.29) is 11.3 Å². The molecule has 1 saturated heterocycles. The summed E-state index contributed by atoms with van der Waals surface area (Å²) in [6.07, 6.45) is 1.44. The van der Waals surface area contributed by atoms with Crippen LogP contribution in [0.1, 0.15) is 31.0 Å². The lowest BCUT2D eigenvalue weighted by Gasteiger charge is -2.40. The molecule has 6 nitrogen and oxygen atoms in total. The number of hydrogen-bond donors (Lipinski definition) is 0. The maximum Gasteiger partial charge on any atom is 0.278 e. The van der Waals surface area contributed by atoms with E-state index in [1.165, 1.54) is 5.56 Å². The van der Waals surface area contributed by atoms with Crippen molar-refractivity contribution in [3.8, 4) is 5.88 Å². The second-order valence-corrected chi connectivity index (χ2v) is 6.25. The topological polar surface area (TPSA) is 68.5 Å². The fourth-order valence-electron chi connectivity index (χ4n) is 3.02. The zero-order valence-corrected chi connectivity index (χ0v) is 13.5. The van der Waals surface area contributed by atoms with Gasteiger partial charge in [0.25, 0.3) is 5.88 Å². The average molecular weight is 315 g/mol. The summed E-state index contributed by atoms with van der Waals surface area (Å²) in [5, 5.41) is 7.35. The van der Waals surface area contributed by atoms with Crippen LogP contribution in [0.2, 0.25) is 0 Å². The van der Waals surface area contributed by atoms with Crippen molar-refractivity contribution in [3.63, 3.8) is 0 Å². The number of carbonyl (C=O) groups excluding carboxylic acids is 1. The van der Waals surface area contributed by atoms with Gasteiger partial charge in [0.05, 0.1) is 6.54 Å². The Morgan fingerprint density at radius 1 is 1.30 bits per heavy atom. The maximum absolute atomic E-state index is 12.2. The van der Waals surface area contributed by atoms with Gasteiger partial charge in [-0.3, -0.25) is 4.79 Å². The molecule has 1 aromatic carbocycles. The van der Waals surface area contributed by atoms with Crippen molar-refractivity contribution in [3.05, 3.63) is 41.6 Å². The number of benzene rings is 1. The van der Waals surface area contributed by atoms with Crippen LogP contribution in [-0.4, -0.2) is 40.8 Å². The Bertz CT molecular complexity index is 671. The van der Waals surface area contributed by atoms with Crippen molar-refractivity contribution in [2.45, 2.75) is 32.1 Å². The molecule has 1 aromatic heterocycles. The van der Waals surface area contributed by atoms with Gasteiger partial charge in [-0.05, 0) is 24.1 Å². The predicted octanol–water partition coefficient (Wildman–Crippen LogP) is 2.34. The number of piperidine rings is 1. The standard InChI is InChI=1S/C17H21N3O3/c1-13-16(19-23-18-13)22-11-10-20-12-17(2,9-8-15(20)21)14-6-4-3-5-7-14/h3-7H,8-12H2,1-2H3/t17-/m0/s1. The van der Waals surface area contributed by atoms with Gasteiger partial charge in [-0.2, -0.15) is 0 Å². The normalized spacial score (nSPS) is 21.5. The van der Waals surface area contributed by atoms with E-state index in [1.54, 1.807) is 6.92 Å². The number of nitrogens with zero attached hydrogens (tertiary/aromatic N) is 3. The van der Waals surface area contributed by atoms with E-state index in [1.807, 2.05) is 23.1 Å². The molecule has 0 spiro atoms. The molecule has 0 unspecified atom stereocenters. The van der Waals surface area contributed by atoms with Crippen LogP contribution in [0.5, 0.6) is 5.88 Å². The fourth-order valence-corrected chi connectivity index (χ4v) is 3.02. The molecular weight excluding hydrogens is 294 g/mol. The second-order valence-electron chi connectivity index (χ2n) is 6.25. The molecule has 0 radical (unpaired) electrons. The molecule has 122 valence electrons. The van der Waals surface area contributed by atoms with Crippen LogP contribution >= 0.6 is 0 Å². The molecule has 23 heavy (non-hydrogen) atoms. The second kappa shape index (κ2) is 6.40. The first-order valence-corrected chi connectivity index (χ1v) is 7.84. The Morgan fingerprint density at radius 2 is 2.09 bits per heavy atom.